The van der Waals surface area contributed by atoms with Gasteiger partial charge in [-0.15, -0.1) is 0 Å². The minimum absolute atomic E-state index is 0.00205. The van der Waals surface area contributed by atoms with Gasteiger partial charge in [0.15, 0.2) is 12.4 Å². The van der Waals surface area contributed by atoms with E-state index in [9.17, 15) is 14.0 Å². The molecule has 1 heterocycles. The Kier molecular flexibility index (Phi) is 8.18. The Labute approximate surface area is 183 Å². The number of likely N-dealkylation sites (tertiary alicyclic amines) is 1. The lowest BCUT2D eigenvalue weighted by Gasteiger charge is -2.34. The van der Waals surface area contributed by atoms with Crippen molar-refractivity contribution in [2.45, 2.75) is 26.2 Å². The van der Waals surface area contributed by atoms with Crippen LogP contribution in [0, 0.1) is 11.7 Å². The molecular formula is C25H31FN2O3. The van der Waals surface area contributed by atoms with E-state index in [0.29, 0.717) is 30.2 Å². The minimum Gasteiger partial charge on any atom is -0.484 e. The van der Waals surface area contributed by atoms with Gasteiger partial charge in [-0.3, -0.25) is 9.59 Å². The van der Waals surface area contributed by atoms with Crippen LogP contribution in [-0.2, 0) is 11.2 Å². The van der Waals surface area contributed by atoms with Gasteiger partial charge in [-0.2, -0.15) is 0 Å². The molecule has 31 heavy (non-hydrogen) atoms. The molecule has 166 valence electrons. The molecule has 1 saturated heterocycles. The van der Waals surface area contributed by atoms with Crippen molar-refractivity contribution in [3.63, 3.8) is 0 Å². The molecule has 1 amide bonds. The third kappa shape index (κ3) is 6.89. The first-order valence-corrected chi connectivity index (χ1v) is 10.9. The molecule has 1 aliphatic rings. The highest BCUT2D eigenvalue weighted by Gasteiger charge is 2.23. The van der Waals surface area contributed by atoms with Gasteiger partial charge in [-0.1, -0.05) is 18.2 Å². The summed E-state index contributed by atoms with van der Waals surface area (Å²) in [4.78, 5) is 27.9. The molecule has 1 aliphatic heterocycles. The summed E-state index contributed by atoms with van der Waals surface area (Å²) in [7, 11) is 1.81. The van der Waals surface area contributed by atoms with Crippen LogP contribution in [0.25, 0.3) is 0 Å². The van der Waals surface area contributed by atoms with Gasteiger partial charge in [0.05, 0.1) is 0 Å². The fourth-order valence-corrected chi connectivity index (χ4v) is 4.01. The molecule has 1 atom stereocenters. The molecule has 6 heteroatoms. The summed E-state index contributed by atoms with van der Waals surface area (Å²) >= 11 is 0. The molecule has 1 unspecified atom stereocenters. The van der Waals surface area contributed by atoms with Crippen LogP contribution in [0.3, 0.4) is 0 Å². The zero-order valence-electron chi connectivity index (χ0n) is 18.4. The Morgan fingerprint density at radius 3 is 2.61 bits per heavy atom. The van der Waals surface area contributed by atoms with E-state index in [-0.39, 0.29) is 24.1 Å². The maximum atomic E-state index is 13.8. The second-order valence-corrected chi connectivity index (χ2v) is 8.29. The molecule has 5 nitrogen and oxygen atoms in total. The molecule has 0 radical (unpaired) electrons. The number of hydrogen-bond acceptors (Lipinski definition) is 4. The number of Topliss-reactive ketones (excluding diaryl/α,β-unsaturated/α-hetero) is 1. The molecule has 1 fully saturated rings. The normalized spacial score (nSPS) is 16.7. The lowest BCUT2D eigenvalue weighted by molar-refractivity contribution is -0.132. The summed E-state index contributed by atoms with van der Waals surface area (Å²) in [5.41, 5.74) is 1.37. The van der Waals surface area contributed by atoms with E-state index >= 15 is 0 Å². The molecule has 0 aliphatic carbocycles. The van der Waals surface area contributed by atoms with E-state index in [1.54, 1.807) is 35.2 Å². The zero-order valence-corrected chi connectivity index (χ0v) is 18.4. The number of benzene rings is 2. The average molecular weight is 427 g/mol. The van der Waals surface area contributed by atoms with Crippen molar-refractivity contribution in [1.29, 1.82) is 0 Å². The Bertz CT molecular complexity index is 885. The molecular weight excluding hydrogens is 395 g/mol. The van der Waals surface area contributed by atoms with Crippen LogP contribution in [-0.4, -0.2) is 61.3 Å². The number of hydrogen-bond donors (Lipinski definition) is 0. The first-order chi connectivity index (χ1) is 14.9. The predicted octanol–water partition coefficient (Wildman–Crippen LogP) is 3.82. The highest BCUT2D eigenvalue weighted by Crippen LogP contribution is 2.19. The smallest absolute Gasteiger partial charge is 0.260 e. The maximum absolute atomic E-state index is 13.8. The van der Waals surface area contributed by atoms with Crippen LogP contribution in [0.5, 0.6) is 5.75 Å². The Balaban J connectivity index is 1.42. The highest BCUT2D eigenvalue weighted by molar-refractivity contribution is 5.94. The van der Waals surface area contributed by atoms with Crippen LogP contribution < -0.4 is 4.74 Å². The van der Waals surface area contributed by atoms with Crippen molar-refractivity contribution in [1.82, 2.24) is 9.80 Å². The van der Waals surface area contributed by atoms with Crippen molar-refractivity contribution in [2.24, 2.45) is 5.92 Å². The van der Waals surface area contributed by atoms with Crippen molar-refractivity contribution in [2.75, 3.05) is 39.8 Å². The highest BCUT2D eigenvalue weighted by atomic mass is 19.1. The summed E-state index contributed by atoms with van der Waals surface area (Å²) < 4.78 is 19.4. The summed E-state index contributed by atoms with van der Waals surface area (Å²) in [6.45, 7) is 4.93. The topological polar surface area (TPSA) is 49.9 Å². The van der Waals surface area contributed by atoms with Gasteiger partial charge in [0.25, 0.3) is 5.91 Å². The summed E-state index contributed by atoms with van der Waals surface area (Å²) in [5.74, 6) is 0.760. The predicted molar refractivity (Wildman–Crippen MR) is 119 cm³/mol. The van der Waals surface area contributed by atoms with Gasteiger partial charge in [0.2, 0.25) is 0 Å². The number of likely N-dealkylation sites (N-methyl/N-ethyl adjacent to an activating group) is 1. The first kappa shape index (κ1) is 22.9. The molecule has 3 rings (SSSR count). The number of carbonyl (C=O) groups excluding carboxylic acids is 2. The zero-order chi connectivity index (χ0) is 22.2. The number of amides is 1. The lowest BCUT2D eigenvalue weighted by Crippen LogP contribution is -2.43. The molecule has 0 spiro atoms. The average Bonchev–Trinajstić information content (AvgIpc) is 2.77. The number of nitrogens with zero attached hydrogens (tertiary/aromatic N) is 2. The Hall–Kier alpha value is -2.73. The minimum atomic E-state index is -0.141. The van der Waals surface area contributed by atoms with Gasteiger partial charge in [0.1, 0.15) is 11.6 Å². The van der Waals surface area contributed by atoms with Crippen molar-refractivity contribution in [3.8, 4) is 5.75 Å². The summed E-state index contributed by atoms with van der Waals surface area (Å²) in [6.07, 6.45) is 2.87. The molecule has 0 N–H and O–H groups in total. The van der Waals surface area contributed by atoms with Crippen LogP contribution in [0.4, 0.5) is 4.39 Å². The molecule has 2 aromatic rings. The lowest BCUT2D eigenvalue weighted by atomic mass is 9.97. The molecule has 0 bridgehead atoms. The van der Waals surface area contributed by atoms with E-state index in [0.717, 1.165) is 38.0 Å². The maximum Gasteiger partial charge on any atom is 0.260 e. The number of carbonyl (C=O) groups is 2. The monoisotopic (exact) mass is 426 g/mol. The molecule has 2 aromatic carbocycles. The number of ketones is 1. The fourth-order valence-electron chi connectivity index (χ4n) is 4.01. The van der Waals surface area contributed by atoms with E-state index in [1.165, 1.54) is 13.0 Å². The van der Waals surface area contributed by atoms with Gasteiger partial charge >= 0.3 is 0 Å². The Morgan fingerprint density at radius 1 is 1.16 bits per heavy atom. The fraction of sp³-hybridized carbons (Fsp3) is 0.440. The third-order valence-electron chi connectivity index (χ3n) is 5.84. The second-order valence-electron chi connectivity index (χ2n) is 8.29. The van der Waals surface area contributed by atoms with Crippen molar-refractivity contribution < 1.29 is 18.7 Å². The largest absolute Gasteiger partial charge is 0.484 e. The quantitative estimate of drug-likeness (QED) is 0.572. The Morgan fingerprint density at radius 2 is 1.90 bits per heavy atom. The van der Waals surface area contributed by atoms with Crippen LogP contribution in [0.2, 0.25) is 0 Å². The first-order valence-electron chi connectivity index (χ1n) is 10.9. The van der Waals surface area contributed by atoms with Crippen LogP contribution >= 0.6 is 0 Å². The van der Waals surface area contributed by atoms with Gasteiger partial charge in [-0.05, 0) is 74.5 Å². The van der Waals surface area contributed by atoms with Gasteiger partial charge < -0.3 is 14.5 Å². The van der Waals surface area contributed by atoms with E-state index < -0.39 is 0 Å². The summed E-state index contributed by atoms with van der Waals surface area (Å²) in [5, 5.41) is 0. The van der Waals surface area contributed by atoms with E-state index in [1.807, 2.05) is 19.2 Å². The van der Waals surface area contributed by atoms with Gasteiger partial charge in [-0.25, -0.2) is 4.39 Å². The van der Waals surface area contributed by atoms with E-state index in [4.69, 9.17) is 4.74 Å². The van der Waals surface area contributed by atoms with Crippen molar-refractivity contribution in [3.05, 3.63) is 65.5 Å². The number of rotatable bonds is 9. The van der Waals surface area contributed by atoms with Crippen LogP contribution in [0.1, 0.15) is 35.7 Å². The standard InChI is InChI=1S/C25H31FN2O3/c1-19(29)21-9-11-23(12-10-21)31-18-25(30)27(2)16-20-6-5-14-28(17-20)15-13-22-7-3-4-8-24(22)26/h3-4,7-12,20H,5-6,13-18H2,1-2H3. The van der Waals surface area contributed by atoms with E-state index in [2.05, 4.69) is 4.90 Å². The van der Waals surface area contributed by atoms with Crippen molar-refractivity contribution >= 4 is 11.7 Å². The van der Waals surface area contributed by atoms with Crippen LogP contribution in [0.15, 0.2) is 48.5 Å². The van der Waals surface area contributed by atoms with Gasteiger partial charge in [0, 0.05) is 32.2 Å². The second kappa shape index (κ2) is 11.0. The SMILES string of the molecule is CC(=O)c1ccc(OCC(=O)N(C)CC2CCCN(CCc3ccccc3F)C2)cc1. The number of halogens is 1. The summed E-state index contributed by atoms with van der Waals surface area (Å²) in [6, 6.07) is 13.8. The molecule has 0 aromatic heterocycles. The molecule has 0 saturated carbocycles. The number of ether oxygens (including phenoxy) is 1. The third-order valence-corrected chi connectivity index (χ3v) is 5.84. The number of piperidine rings is 1.